The van der Waals surface area contributed by atoms with Crippen LogP contribution in [0.1, 0.15) is 32.1 Å². The molecule has 2 heterocycles. The van der Waals surface area contributed by atoms with Gasteiger partial charge in [-0.1, -0.05) is 36.4 Å². The lowest BCUT2D eigenvalue weighted by atomic mass is 10.1. The molecular weight excluding hydrogens is 469 g/mol. The number of carbonyl (C=O) groups excluding carboxylic acids is 2. The van der Waals surface area contributed by atoms with Crippen molar-refractivity contribution in [3.8, 4) is 22.6 Å². The number of nitrogens with zero attached hydrogens (tertiary/aromatic N) is 3. The molecule has 2 aromatic heterocycles. The molecule has 0 radical (unpaired) electrons. The molecule has 0 saturated heterocycles. The number of carbonyl (C=O) groups is 2. The Morgan fingerprint density at radius 1 is 0.838 bits per heavy atom. The Hall–Kier alpha value is -4.78. The van der Waals surface area contributed by atoms with E-state index in [9.17, 15) is 14.0 Å². The molecule has 6 nitrogen and oxygen atoms in total. The van der Waals surface area contributed by atoms with Crippen LogP contribution in [0.3, 0.4) is 0 Å². The number of ketones is 1. The maximum Gasteiger partial charge on any atom is 0.342 e. The molecule has 0 fully saturated rings. The molecule has 0 unspecified atom stereocenters. The van der Waals surface area contributed by atoms with Crippen LogP contribution in [0.2, 0.25) is 0 Å². The Kier molecular flexibility index (Phi) is 6.51. The lowest BCUT2D eigenvalue weighted by Crippen LogP contribution is -2.15. The third-order valence-corrected chi connectivity index (χ3v) is 6.15. The van der Waals surface area contributed by atoms with Gasteiger partial charge >= 0.3 is 5.97 Å². The van der Waals surface area contributed by atoms with Crippen molar-refractivity contribution in [1.29, 1.82) is 0 Å². The van der Waals surface area contributed by atoms with Gasteiger partial charge in [0, 0.05) is 34.4 Å². The normalized spacial score (nSPS) is 10.9. The number of para-hydroxylation sites is 2. The second-order valence-corrected chi connectivity index (χ2v) is 8.63. The van der Waals surface area contributed by atoms with Gasteiger partial charge in [-0.05, 0) is 68.4 Å². The highest BCUT2D eigenvalue weighted by atomic mass is 19.1. The number of rotatable bonds is 7. The summed E-state index contributed by atoms with van der Waals surface area (Å²) in [5.41, 5.74) is 4.94. The molecule has 5 aromatic rings. The predicted molar refractivity (Wildman–Crippen MR) is 139 cm³/mol. The molecule has 37 heavy (non-hydrogen) atoms. The summed E-state index contributed by atoms with van der Waals surface area (Å²) in [5, 5.41) is 4.55. The van der Waals surface area contributed by atoms with Gasteiger partial charge in [0.05, 0.1) is 5.69 Å². The Morgan fingerprint density at radius 3 is 2.11 bits per heavy atom. The molecule has 0 N–H and O–H groups in total. The maximum absolute atomic E-state index is 13.5. The standard InChI is InChI=1S/C30H24FN3O3/c1-20-17-26(21(2)34(20)25-11-7-4-8-12-25)28(35)19-37-30(36)27-18-33(24-9-5-3-6-10-24)32-29(27)22-13-15-23(31)16-14-22/h3-18H,19H2,1-2H3. The number of halogens is 1. The zero-order valence-corrected chi connectivity index (χ0v) is 20.4. The molecular formula is C30H24FN3O3. The molecule has 5 rings (SSSR count). The first-order valence-corrected chi connectivity index (χ1v) is 11.8. The third kappa shape index (κ3) is 4.84. The first-order chi connectivity index (χ1) is 17.9. The van der Waals surface area contributed by atoms with Gasteiger partial charge < -0.3 is 9.30 Å². The van der Waals surface area contributed by atoms with Gasteiger partial charge in [0.25, 0.3) is 0 Å². The molecule has 0 saturated carbocycles. The molecule has 0 aliphatic heterocycles. The molecule has 0 spiro atoms. The molecule has 7 heteroatoms. The quantitative estimate of drug-likeness (QED) is 0.202. The van der Waals surface area contributed by atoms with E-state index in [0.29, 0.717) is 16.8 Å². The number of ether oxygens (including phenoxy) is 1. The van der Waals surface area contributed by atoms with Crippen molar-refractivity contribution < 1.29 is 18.7 Å². The number of aryl methyl sites for hydroxylation is 1. The highest BCUT2D eigenvalue weighted by Crippen LogP contribution is 2.26. The second-order valence-electron chi connectivity index (χ2n) is 8.63. The van der Waals surface area contributed by atoms with Crippen LogP contribution in [0.15, 0.2) is 97.2 Å². The van der Waals surface area contributed by atoms with Crippen molar-refractivity contribution in [2.75, 3.05) is 6.61 Å². The van der Waals surface area contributed by atoms with E-state index < -0.39 is 18.4 Å². The lowest BCUT2D eigenvalue weighted by molar-refractivity contribution is 0.0475. The number of hydrogen-bond acceptors (Lipinski definition) is 4. The lowest BCUT2D eigenvalue weighted by Gasteiger charge is -2.09. The molecule has 0 atom stereocenters. The number of aromatic nitrogens is 3. The minimum absolute atomic E-state index is 0.179. The molecule has 0 aliphatic rings. The number of Topliss-reactive ketones (excluding diaryl/α,β-unsaturated/α-hetero) is 1. The summed E-state index contributed by atoms with van der Waals surface area (Å²) in [7, 11) is 0. The van der Waals surface area contributed by atoms with Crippen molar-refractivity contribution in [3.05, 3.63) is 126 Å². The SMILES string of the molecule is Cc1cc(C(=O)COC(=O)c2cn(-c3ccccc3)nc2-c2ccc(F)cc2)c(C)n1-c1ccccc1. The van der Waals surface area contributed by atoms with Gasteiger partial charge in [-0.3, -0.25) is 4.79 Å². The Labute approximate surface area is 213 Å². The Bertz CT molecular complexity index is 1570. The van der Waals surface area contributed by atoms with E-state index in [2.05, 4.69) is 5.10 Å². The molecule has 0 bridgehead atoms. The summed E-state index contributed by atoms with van der Waals surface area (Å²) >= 11 is 0. The van der Waals surface area contributed by atoms with E-state index in [-0.39, 0.29) is 11.3 Å². The first kappa shape index (κ1) is 23.9. The van der Waals surface area contributed by atoms with Crippen molar-refractivity contribution in [3.63, 3.8) is 0 Å². The zero-order valence-electron chi connectivity index (χ0n) is 20.4. The van der Waals surface area contributed by atoms with Crippen LogP contribution < -0.4 is 0 Å². The summed E-state index contributed by atoms with van der Waals surface area (Å²) in [5.74, 6) is -1.39. The van der Waals surface area contributed by atoms with Gasteiger partial charge in [-0.15, -0.1) is 0 Å². The Morgan fingerprint density at radius 2 is 1.46 bits per heavy atom. The van der Waals surface area contributed by atoms with Gasteiger partial charge in [0.15, 0.2) is 6.61 Å². The topological polar surface area (TPSA) is 66.1 Å². The second kappa shape index (κ2) is 10.1. The number of hydrogen-bond donors (Lipinski definition) is 0. The fourth-order valence-electron chi connectivity index (χ4n) is 4.36. The van der Waals surface area contributed by atoms with Gasteiger partial charge in [-0.25, -0.2) is 13.9 Å². The van der Waals surface area contributed by atoms with Crippen LogP contribution in [0.5, 0.6) is 0 Å². The monoisotopic (exact) mass is 493 g/mol. The average molecular weight is 494 g/mol. The summed E-state index contributed by atoms with van der Waals surface area (Å²) in [6, 6.07) is 26.5. The van der Waals surface area contributed by atoms with Gasteiger partial charge in [0.1, 0.15) is 17.1 Å². The van der Waals surface area contributed by atoms with Crippen LogP contribution >= 0.6 is 0 Å². The minimum Gasteiger partial charge on any atom is -0.454 e. The smallest absolute Gasteiger partial charge is 0.342 e. The average Bonchev–Trinajstić information content (AvgIpc) is 3.50. The van der Waals surface area contributed by atoms with Crippen LogP contribution in [0.4, 0.5) is 4.39 Å². The van der Waals surface area contributed by atoms with E-state index in [1.165, 1.54) is 12.1 Å². The van der Waals surface area contributed by atoms with Crippen molar-refractivity contribution in [1.82, 2.24) is 14.3 Å². The van der Waals surface area contributed by atoms with Crippen LogP contribution in [-0.2, 0) is 4.74 Å². The van der Waals surface area contributed by atoms with E-state index in [1.54, 1.807) is 29.1 Å². The minimum atomic E-state index is -0.688. The molecule has 3 aromatic carbocycles. The van der Waals surface area contributed by atoms with Gasteiger partial charge in [0.2, 0.25) is 5.78 Å². The van der Waals surface area contributed by atoms with E-state index >= 15 is 0 Å². The van der Waals surface area contributed by atoms with Crippen LogP contribution in [-0.4, -0.2) is 32.7 Å². The fraction of sp³-hybridized carbons (Fsp3) is 0.100. The van der Waals surface area contributed by atoms with Crippen molar-refractivity contribution in [2.24, 2.45) is 0 Å². The summed E-state index contributed by atoms with van der Waals surface area (Å²) in [4.78, 5) is 26.2. The number of esters is 1. The molecule has 0 aliphatic carbocycles. The summed E-state index contributed by atoms with van der Waals surface area (Å²) in [6.45, 7) is 3.37. The predicted octanol–water partition coefficient (Wildman–Crippen LogP) is 6.13. The summed E-state index contributed by atoms with van der Waals surface area (Å²) in [6.07, 6.45) is 1.56. The summed E-state index contributed by atoms with van der Waals surface area (Å²) < 4.78 is 22.5. The van der Waals surface area contributed by atoms with Gasteiger partial charge in [-0.2, -0.15) is 5.10 Å². The third-order valence-electron chi connectivity index (χ3n) is 6.15. The molecule has 184 valence electrons. The highest BCUT2D eigenvalue weighted by Gasteiger charge is 2.23. The maximum atomic E-state index is 13.5. The highest BCUT2D eigenvalue weighted by molar-refractivity contribution is 6.02. The Balaban J connectivity index is 1.41. The van der Waals surface area contributed by atoms with E-state index in [1.807, 2.05) is 79.1 Å². The first-order valence-electron chi connectivity index (χ1n) is 11.8. The van der Waals surface area contributed by atoms with Crippen molar-refractivity contribution in [2.45, 2.75) is 13.8 Å². The zero-order chi connectivity index (χ0) is 25.9. The fourth-order valence-corrected chi connectivity index (χ4v) is 4.36. The number of benzene rings is 3. The van der Waals surface area contributed by atoms with E-state index in [4.69, 9.17) is 4.74 Å². The van der Waals surface area contributed by atoms with Crippen LogP contribution in [0.25, 0.3) is 22.6 Å². The molecule has 0 amide bonds. The van der Waals surface area contributed by atoms with Crippen molar-refractivity contribution >= 4 is 11.8 Å². The largest absolute Gasteiger partial charge is 0.454 e. The van der Waals surface area contributed by atoms with Crippen LogP contribution in [0, 0.1) is 19.7 Å². The van der Waals surface area contributed by atoms with E-state index in [0.717, 1.165) is 22.8 Å².